The molecule has 0 radical (unpaired) electrons. The van der Waals surface area contributed by atoms with E-state index < -0.39 is 5.97 Å². The molecule has 4 atom stereocenters. The zero-order valence-electron chi connectivity index (χ0n) is 9.41. The number of rotatable bonds is 1. The highest BCUT2D eigenvalue weighted by atomic mass is 16.4. The van der Waals surface area contributed by atoms with E-state index in [2.05, 4.69) is 13.5 Å². The molecule has 0 saturated heterocycles. The minimum absolute atomic E-state index is 0.108. The summed E-state index contributed by atoms with van der Waals surface area (Å²) >= 11 is 0. The molecular weight excluding hydrogens is 188 g/mol. The van der Waals surface area contributed by atoms with Gasteiger partial charge in [-0.15, -0.1) is 0 Å². The van der Waals surface area contributed by atoms with E-state index in [1.165, 1.54) is 5.57 Å². The highest BCUT2D eigenvalue weighted by Crippen LogP contribution is 2.47. The van der Waals surface area contributed by atoms with Crippen LogP contribution in [0, 0.1) is 23.7 Å². The lowest BCUT2D eigenvalue weighted by Crippen LogP contribution is -2.39. The maximum Gasteiger partial charge on any atom is 0.306 e. The van der Waals surface area contributed by atoms with Crippen LogP contribution in [0.3, 0.4) is 0 Å². The van der Waals surface area contributed by atoms with Crippen molar-refractivity contribution in [3.05, 3.63) is 12.2 Å². The van der Waals surface area contributed by atoms with E-state index >= 15 is 0 Å². The molecule has 84 valence electrons. The maximum atomic E-state index is 11.2. The topological polar surface area (TPSA) is 37.3 Å². The molecule has 0 aromatic rings. The van der Waals surface area contributed by atoms with Gasteiger partial charge < -0.3 is 5.11 Å². The number of allylic oxidation sites excluding steroid dienone is 1. The lowest BCUT2D eigenvalue weighted by atomic mass is 9.61. The fourth-order valence-electron chi connectivity index (χ4n) is 3.50. The summed E-state index contributed by atoms with van der Waals surface area (Å²) in [7, 11) is 0. The zero-order chi connectivity index (χ0) is 11.0. The fourth-order valence-corrected chi connectivity index (χ4v) is 3.50. The standard InChI is InChI=1S/C13H20O2/c1-8-3-5-10-9(2)4-6-11(13(14)15)12(10)7-8/h9-12H,1,3-7H2,2H3,(H,14,15)/t9-,10+,11-,12-/m1/s1. The Hall–Kier alpha value is -0.790. The van der Waals surface area contributed by atoms with E-state index in [0.29, 0.717) is 17.8 Å². The molecular formula is C13H20O2. The van der Waals surface area contributed by atoms with Gasteiger partial charge in [0.05, 0.1) is 5.92 Å². The van der Waals surface area contributed by atoms with Crippen LogP contribution in [-0.2, 0) is 4.79 Å². The molecule has 2 aliphatic carbocycles. The average Bonchev–Trinajstić information content (AvgIpc) is 2.17. The van der Waals surface area contributed by atoms with Gasteiger partial charge in [0, 0.05) is 0 Å². The van der Waals surface area contributed by atoms with Crippen LogP contribution in [-0.4, -0.2) is 11.1 Å². The summed E-state index contributed by atoms with van der Waals surface area (Å²) in [4.78, 5) is 11.2. The quantitative estimate of drug-likeness (QED) is 0.672. The van der Waals surface area contributed by atoms with Crippen LogP contribution in [0.15, 0.2) is 12.2 Å². The molecule has 0 heterocycles. The van der Waals surface area contributed by atoms with Gasteiger partial charge in [0.2, 0.25) is 0 Å². The molecule has 2 rings (SSSR count). The highest BCUT2D eigenvalue weighted by molar-refractivity contribution is 5.70. The van der Waals surface area contributed by atoms with Crippen LogP contribution in [0.25, 0.3) is 0 Å². The van der Waals surface area contributed by atoms with Gasteiger partial charge >= 0.3 is 5.97 Å². The second-order valence-corrected chi connectivity index (χ2v) is 5.32. The smallest absolute Gasteiger partial charge is 0.306 e. The molecule has 2 aliphatic rings. The van der Waals surface area contributed by atoms with Gasteiger partial charge in [-0.05, 0) is 49.9 Å². The molecule has 0 aliphatic heterocycles. The first-order valence-electron chi connectivity index (χ1n) is 5.99. The fraction of sp³-hybridized carbons (Fsp3) is 0.769. The molecule has 0 aromatic carbocycles. The minimum atomic E-state index is -0.591. The van der Waals surface area contributed by atoms with Crippen molar-refractivity contribution in [2.75, 3.05) is 0 Å². The van der Waals surface area contributed by atoms with Crippen LogP contribution in [0.5, 0.6) is 0 Å². The van der Waals surface area contributed by atoms with E-state index in [9.17, 15) is 9.90 Å². The van der Waals surface area contributed by atoms with E-state index in [1.54, 1.807) is 0 Å². The summed E-state index contributed by atoms with van der Waals surface area (Å²) in [5.41, 5.74) is 1.26. The number of carbonyl (C=O) groups is 1. The molecule has 1 N–H and O–H groups in total. The largest absolute Gasteiger partial charge is 0.481 e. The average molecular weight is 208 g/mol. The molecule has 0 amide bonds. The first-order valence-corrected chi connectivity index (χ1v) is 5.99. The number of hydrogen-bond acceptors (Lipinski definition) is 1. The number of fused-ring (bicyclic) bond motifs is 1. The van der Waals surface area contributed by atoms with Gasteiger partial charge in [-0.2, -0.15) is 0 Å². The lowest BCUT2D eigenvalue weighted by molar-refractivity contribution is -0.147. The molecule has 0 aromatic heterocycles. The van der Waals surface area contributed by atoms with Crippen molar-refractivity contribution < 1.29 is 9.90 Å². The maximum absolute atomic E-state index is 11.2. The predicted octanol–water partition coefficient (Wildman–Crippen LogP) is 3.09. The normalized spacial score (nSPS) is 41.0. The van der Waals surface area contributed by atoms with Crippen molar-refractivity contribution >= 4 is 5.97 Å². The van der Waals surface area contributed by atoms with Crippen LogP contribution in [0.4, 0.5) is 0 Å². The van der Waals surface area contributed by atoms with Gasteiger partial charge in [-0.25, -0.2) is 0 Å². The summed E-state index contributed by atoms with van der Waals surface area (Å²) < 4.78 is 0. The highest BCUT2D eigenvalue weighted by Gasteiger charge is 2.42. The third-order valence-corrected chi connectivity index (χ3v) is 4.40. The Morgan fingerprint density at radius 3 is 2.73 bits per heavy atom. The van der Waals surface area contributed by atoms with Crippen molar-refractivity contribution in [3.63, 3.8) is 0 Å². The molecule has 2 fully saturated rings. The van der Waals surface area contributed by atoms with E-state index in [1.807, 2.05) is 0 Å². The Bertz CT molecular complexity index is 282. The van der Waals surface area contributed by atoms with Crippen molar-refractivity contribution in [3.8, 4) is 0 Å². The monoisotopic (exact) mass is 208 g/mol. The Morgan fingerprint density at radius 1 is 1.33 bits per heavy atom. The van der Waals surface area contributed by atoms with Crippen LogP contribution in [0.1, 0.15) is 39.0 Å². The van der Waals surface area contributed by atoms with Gasteiger partial charge in [0.1, 0.15) is 0 Å². The first-order chi connectivity index (χ1) is 7.09. The summed E-state index contributed by atoms with van der Waals surface area (Å²) in [5, 5.41) is 9.22. The van der Waals surface area contributed by atoms with Gasteiger partial charge in [0.25, 0.3) is 0 Å². The Balaban J connectivity index is 2.17. The second kappa shape index (κ2) is 3.99. The summed E-state index contributed by atoms with van der Waals surface area (Å²) in [6, 6.07) is 0. The summed E-state index contributed by atoms with van der Waals surface area (Å²) in [6.07, 6.45) is 5.17. The van der Waals surface area contributed by atoms with Crippen LogP contribution < -0.4 is 0 Å². The third kappa shape index (κ3) is 1.95. The Morgan fingerprint density at radius 2 is 2.07 bits per heavy atom. The SMILES string of the molecule is C=C1CC[C@@H]2[C@@H](C1)[C@H](C(=O)O)CC[C@H]2C. The number of carboxylic acid groups (broad SMARTS) is 1. The van der Waals surface area contributed by atoms with E-state index in [-0.39, 0.29) is 5.92 Å². The molecule has 15 heavy (non-hydrogen) atoms. The van der Waals surface area contributed by atoms with Gasteiger partial charge in [-0.3, -0.25) is 4.79 Å². The van der Waals surface area contributed by atoms with Crippen molar-refractivity contribution in [1.82, 2.24) is 0 Å². The zero-order valence-corrected chi connectivity index (χ0v) is 9.41. The minimum Gasteiger partial charge on any atom is -0.481 e. The summed E-state index contributed by atoms with van der Waals surface area (Å²) in [6.45, 7) is 6.31. The molecule has 2 nitrogen and oxygen atoms in total. The first kappa shape index (κ1) is 10.7. The van der Waals surface area contributed by atoms with Gasteiger partial charge in [-0.1, -0.05) is 19.1 Å². The van der Waals surface area contributed by atoms with Crippen LogP contribution >= 0.6 is 0 Å². The lowest BCUT2D eigenvalue weighted by Gasteiger charge is -2.44. The molecule has 2 saturated carbocycles. The predicted molar refractivity (Wildman–Crippen MR) is 59.5 cm³/mol. The van der Waals surface area contributed by atoms with Gasteiger partial charge in [0.15, 0.2) is 0 Å². The second-order valence-electron chi connectivity index (χ2n) is 5.32. The summed E-state index contributed by atoms with van der Waals surface area (Å²) in [5.74, 6) is 1.01. The van der Waals surface area contributed by atoms with Crippen molar-refractivity contribution in [2.45, 2.75) is 39.0 Å². The van der Waals surface area contributed by atoms with Crippen molar-refractivity contribution in [1.29, 1.82) is 0 Å². The molecule has 0 unspecified atom stereocenters. The van der Waals surface area contributed by atoms with E-state index in [4.69, 9.17) is 0 Å². The Kier molecular flexibility index (Phi) is 2.85. The molecule has 2 heteroatoms. The van der Waals surface area contributed by atoms with Crippen LogP contribution in [0.2, 0.25) is 0 Å². The van der Waals surface area contributed by atoms with E-state index in [0.717, 1.165) is 32.1 Å². The molecule has 0 spiro atoms. The Labute approximate surface area is 91.4 Å². The number of carboxylic acids is 1. The van der Waals surface area contributed by atoms with Crippen molar-refractivity contribution in [2.24, 2.45) is 23.7 Å². The third-order valence-electron chi connectivity index (χ3n) is 4.40. The number of hydrogen-bond donors (Lipinski definition) is 1. The number of aliphatic carboxylic acids is 1. The molecule has 0 bridgehead atoms.